The summed E-state index contributed by atoms with van der Waals surface area (Å²) < 4.78 is 50.9. The highest BCUT2D eigenvalue weighted by Crippen LogP contribution is 2.31. The lowest BCUT2D eigenvalue weighted by atomic mass is 10.0. The minimum absolute atomic E-state index is 0.0654. The second kappa shape index (κ2) is 10.2. The number of benzene rings is 1. The first-order chi connectivity index (χ1) is 14.7. The second-order valence-corrected chi connectivity index (χ2v) is 10.2. The molecule has 1 fully saturated rings. The van der Waals surface area contributed by atoms with E-state index in [-0.39, 0.29) is 42.9 Å². The maximum Gasteiger partial charge on any atom is 0.330 e. The van der Waals surface area contributed by atoms with Crippen LogP contribution in [-0.2, 0) is 21.3 Å². The summed E-state index contributed by atoms with van der Waals surface area (Å²) in [7, 11) is -3.36. The van der Waals surface area contributed by atoms with E-state index in [0.717, 1.165) is 12.8 Å². The van der Waals surface area contributed by atoms with Crippen LogP contribution in [0.4, 0.5) is 4.39 Å². The van der Waals surface area contributed by atoms with E-state index in [4.69, 9.17) is 9.47 Å². The van der Waals surface area contributed by atoms with Crippen LogP contribution in [0.2, 0.25) is 0 Å². The first-order valence-corrected chi connectivity index (χ1v) is 12.1. The third-order valence-electron chi connectivity index (χ3n) is 5.07. The lowest BCUT2D eigenvalue weighted by Crippen LogP contribution is -2.29. The first-order valence-electron chi connectivity index (χ1n) is 10.2. The maximum absolute atomic E-state index is 14.0. The number of nitrogens with one attached hydrogen (secondary N) is 1. The summed E-state index contributed by atoms with van der Waals surface area (Å²) in [6.45, 7) is 2.34. The van der Waals surface area contributed by atoms with Crippen molar-refractivity contribution in [2.45, 2.75) is 38.8 Å². The van der Waals surface area contributed by atoms with E-state index in [0.29, 0.717) is 18.1 Å². The Balaban J connectivity index is 1.45. The molecule has 31 heavy (non-hydrogen) atoms. The van der Waals surface area contributed by atoms with Gasteiger partial charge in [-0.15, -0.1) is 0 Å². The summed E-state index contributed by atoms with van der Waals surface area (Å²) in [6, 6.07) is 5.69. The lowest BCUT2D eigenvalue weighted by molar-refractivity contribution is 0.0745. The van der Waals surface area contributed by atoms with Crippen LogP contribution in [0, 0.1) is 11.7 Å². The molecule has 1 N–H and O–H groups in total. The van der Waals surface area contributed by atoms with E-state index in [2.05, 4.69) is 4.98 Å². The summed E-state index contributed by atoms with van der Waals surface area (Å²) in [5.41, 5.74) is -0.373. The van der Waals surface area contributed by atoms with Gasteiger partial charge in [-0.2, -0.15) is 0 Å². The van der Waals surface area contributed by atoms with Crippen LogP contribution in [0.3, 0.4) is 0 Å². The molecule has 1 aromatic carbocycles. The standard InChI is InChI=1S/C21H27FN2O6S/c1-15(17-5-6-18(22)19(11-17)30-12-16-3-4-16)13-31(27,28)10-2-9-29-14-24-8-7-20(25)23-21(24)26/h5-8,11,15-16H,2-4,9-10,12-14H2,1H3,(H,23,25,26)/t15-/m0/s1. The summed E-state index contributed by atoms with van der Waals surface area (Å²) in [5.74, 6) is -0.234. The van der Waals surface area contributed by atoms with Gasteiger partial charge in [0.1, 0.15) is 6.73 Å². The summed E-state index contributed by atoms with van der Waals surface area (Å²) in [4.78, 5) is 24.7. The molecule has 1 saturated carbocycles. The van der Waals surface area contributed by atoms with Crippen LogP contribution in [0.5, 0.6) is 5.75 Å². The molecule has 0 radical (unpaired) electrons. The molecule has 1 aliphatic carbocycles. The van der Waals surface area contributed by atoms with E-state index in [1.165, 1.54) is 22.9 Å². The number of hydrogen-bond donors (Lipinski definition) is 1. The molecule has 2 aromatic rings. The van der Waals surface area contributed by atoms with Gasteiger partial charge in [-0.1, -0.05) is 13.0 Å². The first kappa shape index (κ1) is 23.2. The van der Waals surface area contributed by atoms with E-state index >= 15 is 0 Å². The van der Waals surface area contributed by atoms with Crippen molar-refractivity contribution in [2.24, 2.45) is 5.92 Å². The van der Waals surface area contributed by atoms with Crippen molar-refractivity contribution in [1.29, 1.82) is 0 Å². The normalized spacial score (nSPS) is 15.0. The highest BCUT2D eigenvalue weighted by atomic mass is 32.2. The molecular formula is C21H27FN2O6S. The zero-order valence-corrected chi connectivity index (χ0v) is 18.2. The molecular weight excluding hydrogens is 427 g/mol. The Labute approximate surface area is 179 Å². The number of ether oxygens (including phenoxy) is 2. The molecule has 1 aromatic heterocycles. The van der Waals surface area contributed by atoms with Gasteiger partial charge in [0.05, 0.1) is 18.1 Å². The molecule has 0 spiro atoms. The fourth-order valence-electron chi connectivity index (χ4n) is 3.08. The van der Waals surface area contributed by atoms with Crippen LogP contribution in [0.1, 0.15) is 37.7 Å². The third-order valence-corrected chi connectivity index (χ3v) is 6.99. The molecule has 0 aliphatic heterocycles. The van der Waals surface area contributed by atoms with Crippen molar-refractivity contribution >= 4 is 9.84 Å². The predicted octanol–water partition coefficient (Wildman–Crippen LogP) is 2.05. The topological polar surface area (TPSA) is 107 Å². The Morgan fingerprint density at radius 3 is 2.74 bits per heavy atom. The number of aromatic amines is 1. The van der Waals surface area contributed by atoms with E-state index in [9.17, 15) is 22.4 Å². The van der Waals surface area contributed by atoms with Gasteiger partial charge in [-0.25, -0.2) is 17.6 Å². The van der Waals surface area contributed by atoms with Crippen LogP contribution < -0.4 is 16.0 Å². The monoisotopic (exact) mass is 454 g/mol. The molecule has 1 aliphatic rings. The minimum atomic E-state index is -3.36. The average molecular weight is 455 g/mol. The average Bonchev–Trinajstić information content (AvgIpc) is 3.52. The number of sulfone groups is 1. The van der Waals surface area contributed by atoms with Crippen molar-refractivity contribution in [1.82, 2.24) is 9.55 Å². The SMILES string of the molecule is C[C@@H](CS(=O)(=O)CCCOCn1ccc(=O)[nH]c1=O)c1ccc(F)c(OCC2CC2)c1. The third kappa shape index (κ3) is 7.32. The number of nitrogens with zero attached hydrogens (tertiary/aromatic N) is 1. The van der Waals surface area contributed by atoms with Crippen molar-refractivity contribution < 1.29 is 22.3 Å². The fraction of sp³-hybridized carbons (Fsp3) is 0.524. The van der Waals surface area contributed by atoms with E-state index < -0.39 is 26.9 Å². The van der Waals surface area contributed by atoms with Crippen LogP contribution in [-0.4, -0.2) is 42.7 Å². The highest BCUT2D eigenvalue weighted by molar-refractivity contribution is 7.91. The molecule has 10 heteroatoms. The van der Waals surface area contributed by atoms with Gasteiger partial charge < -0.3 is 9.47 Å². The summed E-state index contributed by atoms with van der Waals surface area (Å²) in [6.07, 6.45) is 3.78. The lowest BCUT2D eigenvalue weighted by Gasteiger charge is -2.15. The quantitative estimate of drug-likeness (QED) is 0.492. The van der Waals surface area contributed by atoms with Crippen LogP contribution in [0.15, 0.2) is 40.1 Å². The number of aromatic nitrogens is 2. The van der Waals surface area contributed by atoms with E-state index in [1.807, 2.05) is 0 Å². The Bertz CT molecular complexity index is 1110. The van der Waals surface area contributed by atoms with Gasteiger partial charge in [0.15, 0.2) is 21.4 Å². The smallest absolute Gasteiger partial charge is 0.330 e. The Kier molecular flexibility index (Phi) is 7.66. The predicted molar refractivity (Wildman–Crippen MR) is 114 cm³/mol. The van der Waals surface area contributed by atoms with Gasteiger partial charge in [-0.05, 0) is 48.8 Å². The Morgan fingerprint density at radius 1 is 1.26 bits per heavy atom. The fourth-order valence-corrected chi connectivity index (χ4v) is 4.76. The van der Waals surface area contributed by atoms with Gasteiger partial charge >= 0.3 is 5.69 Å². The molecule has 0 unspecified atom stereocenters. The molecule has 1 atom stereocenters. The van der Waals surface area contributed by atoms with Gasteiger partial charge in [-0.3, -0.25) is 14.3 Å². The zero-order chi connectivity index (χ0) is 22.4. The van der Waals surface area contributed by atoms with Crippen molar-refractivity contribution in [3.8, 4) is 5.75 Å². The molecule has 8 nitrogen and oxygen atoms in total. The highest BCUT2D eigenvalue weighted by Gasteiger charge is 2.23. The maximum atomic E-state index is 14.0. The second-order valence-electron chi connectivity index (χ2n) is 7.93. The number of H-pyrrole nitrogens is 1. The molecule has 0 amide bonds. The molecule has 3 rings (SSSR count). The number of halogens is 1. The van der Waals surface area contributed by atoms with Crippen LogP contribution in [0.25, 0.3) is 0 Å². The molecule has 0 saturated heterocycles. The van der Waals surface area contributed by atoms with Crippen molar-refractivity contribution in [3.05, 3.63) is 62.7 Å². The number of hydrogen-bond acceptors (Lipinski definition) is 6. The Morgan fingerprint density at radius 2 is 2.03 bits per heavy atom. The molecule has 1 heterocycles. The number of rotatable bonds is 12. The van der Waals surface area contributed by atoms with Gasteiger partial charge in [0.2, 0.25) is 0 Å². The van der Waals surface area contributed by atoms with Gasteiger partial charge in [0.25, 0.3) is 5.56 Å². The van der Waals surface area contributed by atoms with Crippen molar-refractivity contribution in [2.75, 3.05) is 24.7 Å². The minimum Gasteiger partial charge on any atom is -0.490 e. The molecule has 170 valence electrons. The van der Waals surface area contributed by atoms with Crippen molar-refractivity contribution in [3.63, 3.8) is 0 Å². The van der Waals surface area contributed by atoms with Crippen LogP contribution >= 0.6 is 0 Å². The Hall–Kier alpha value is -2.46. The largest absolute Gasteiger partial charge is 0.490 e. The summed E-state index contributed by atoms with van der Waals surface area (Å²) in [5, 5.41) is 0. The van der Waals surface area contributed by atoms with Gasteiger partial charge in [0, 0.05) is 18.9 Å². The summed E-state index contributed by atoms with van der Waals surface area (Å²) >= 11 is 0. The molecule has 0 bridgehead atoms. The van der Waals surface area contributed by atoms with E-state index in [1.54, 1.807) is 19.1 Å². The zero-order valence-electron chi connectivity index (χ0n) is 17.4.